The van der Waals surface area contributed by atoms with Crippen LogP contribution in [0.15, 0.2) is 48.6 Å². The number of unbranched alkanes of at least 4 members (excludes halogenated alkanes) is 19. The van der Waals surface area contributed by atoms with Crippen LogP contribution in [0.1, 0.15) is 187 Å². The van der Waals surface area contributed by atoms with Crippen LogP contribution in [0.2, 0.25) is 0 Å². The molecule has 0 aromatic heterocycles. The summed E-state index contributed by atoms with van der Waals surface area (Å²) >= 11 is 0. The molecule has 0 heterocycles. The SMILES string of the molecule is CC/C=C\C/C=C\C/C=C\C/C=C\CCCCC(=O)OCC(O)COP(=O)(O)OCCNC(=O)CCCCCCCCCCCCCCCCCCCC. The summed E-state index contributed by atoms with van der Waals surface area (Å²) in [6.07, 6.45) is 46.2. The van der Waals surface area contributed by atoms with E-state index in [1.807, 2.05) is 0 Å². The fourth-order valence-corrected chi connectivity index (χ4v) is 6.54. The molecule has 0 aliphatic heterocycles. The highest BCUT2D eigenvalue weighted by Gasteiger charge is 2.23. The molecule has 0 fully saturated rings. The molecule has 0 aromatic rings. The van der Waals surface area contributed by atoms with Gasteiger partial charge in [0.2, 0.25) is 5.91 Å². The van der Waals surface area contributed by atoms with Crippen molar-refractivity contribution in [2.24, 2.45) is 0 Å². The number of rotatable bonds is 40. The fraction of sp³-hybridized carbons (Fsp3) is 0.773. The lowest BCUT2D eigenvalue weighted by Gasteiger charge is -2.15. The van der Waals surface area contributed by atoms with Gasteiger partial charge in [0.25, 0.3) is 0 Å². The maximum Gasteiger partial charge on any atom is 0.472 e. The summed E-state index contributed by atoms with van der Waals surface area (Å²) in [5, 5.41) is 12.7. The van der Waals surface area contributed by atoms with E-state index in [0.29, 0.717) is 12.8 Å². The number of hydrogen-bond donors (Lipinski definition) is 3. The Morgan fingerprint density at radius 3 is 1.57 bits per heavy atom. The summed E-state index contributed by atoms with van der Waals surface area (Å²) in [5.41, 5.74) is 0. The molecule has 0 aromatic carbocycles. The number of esters is 1. The van der Waals surface area contributed by atoms with Crippen molar-refractivity contribution in [1.82, 2.24) is 5.32 Å². The second-order valence-corrected chi connectivity index (χ2v) is 15.7. The van der Waals surface area contributed by atoms with Crippen molar-refractivity contribution in [3.63, 3.8) is 0 Å². The van der Waals surface area contributed by atoms with Gasteiger partial charge < -0.3 is 20.1 Å². The van der Waals surface area contributed by atoms with Gasteiger partial charge in [-0.25, -0.2) is 4.57 Å². The third-order valence-corrected chi connectivity index (χ3v) is 10.0. The molecule has 0 rings (SSSR count). The quantitative estimate of drug-likeness (QED) is 0.0242. The Kier molecular flexibility index (Phi) is 39.1. The molecule has 2 unspecified atom stereocenters. The average Bonchev–Trinajstić information content (AvgIpc) is 3.16. The number of aliphatic hydroxyl groups is 1. The second kappa shape index (κ2) is 40.6. The highest BCUT2D eigenvalue weighted by Crippen LogP contribution is 2.42. The number of allylic oxidation sites excluding steroid dienone is 8. The first-order valence-electron chi connectivity index (χ1n) is 21.6. The third kappa shape index (κ3) is 41.1. The molecule has 0 spiro atoms. The first-order valence-corrected chi connectivity index (χ1v) is 23.1. The molecule has 314 valence electrons. The molecule has 0 bridgehead atoms. The van der Waals surface area contributed by atoms with Gasteiger partial charge in [-0.2, -0.15) is 0 Å². The van der Waals surface area contributed by atoms with Crippen molar-refractivity contribution >= 4 is 19.7 Å². The van der Waals surface area contributed by atoms with Crippen LogP contribution in [0.3, 0.4) is 0 Å². The van der Waals surface area contributed by atoms with Gasteiger partial charge >= 0.3 is 13.8 Å². The third-order valence-electron chi connectivity index (χ3n) is 9.02. The molecule has 10 heteroatoms. The summed E-state index contributed by atoms with van der Waals surface area (Å²) in [5.74, 6) is -0.556. The molecule has 0 radical (unpaired) electrons. The molecule has 0 aliphatic carbocycles. The van der Waals surface area contributed by atoms with Crippen molar-refractivity contribution < 1.29 is 37.9 Å². The van der Waals surface area contributed by atoms with Crippen LogP contribution in [0.25, 0.3) is 0 Å². The number of aliphatic hydroxyl groups excluding tert-OH is 1. The van der Waals surface area contributed by atoms with Gasteiger partial charge in [-0.05, 0) is 51.4 Å². The number of hydrogen-bond acceptors (Lipinski definition) is 7. The van der Waals surface area contributed by atoms with Crippen molar-refractivity contribution in [3.05, 3.63) is 48.6 Å². The van der Waals surface area contributed by atoms with Gasteiger partial charge in [0.05, 0.1) is 13.2 Å². The first kappa shape index (κ1) is 52.0. The van der Waals surface area contributed by atoms with Crippen molar-refractivity contribution in [3.8, 4) is 0 Å². The van der Waals surface area contributed by atoms with Gasteiger partial charge in [-0.1, -0.05) is 172 Å². The minimum absolute atomic E-state index is 0.0776. The molecule has 0 saturated heterocycles. The Bertz CT molecular complexity index is 1030. The molecular formula is C44H80NO8P. The van der Waals surface area contributed by atoms with Crippen LogP contribution >= 0.6 is 7.82 Å². The van der Waals surface area contributed by atoms with E-state index in [0.717, 1.165) is 57.8 Å². The Hall–Kier alpha value is -2.03. The number of phosphoric ester groups is 1. The number of carbonyl (C=O) groups is 2. The lowest BCUT2D eigenvalue weighted by Crippen LogP contribution is -2.27. The summed E-state index contributed by atoms with van der Waals surface area (Å²) in [6, 6.07) is 0. The molecular weight excluding hydrogens is 701 g/mol. The van der Waals surface area contributed by atoms with E-state index in [9.17, 15) is 24.2 Å². The monoisotopic (exact) mass is 782 g/mol. The van der Waals surface area contributed by atoms with Gasteiger partial charge in [-0.3, -0.25) is 18.6 Å². The molecule has 0 saturated carbocycles. The van der Waals surface area contributed by atoms with Gasteiger partial charge in [0.15, 0.2) is 0 Å². The number of ether oxygens (including phenoxy) is 1. The number of amides is 1. The van der Waals surface area contributed by atoms with Crippen molar-refractivity contribution in [2.75, 3.05) is 26.4 Å². The summed E-state index contributed by atoms with van der Waals surface area (Å²) in [4.78, 5) is 33.9. The lowest BCUT2D eigenvalue weighted by atomic mass is 10.0. The number of phosphoric acid groups is 1. The van der Waals surface area contributed by atoms with Crippen molar-refractivity contribution in [2.45, 2.75) is 193 Å². The van der Waals surface area contributed by atoms with E-state index in [1.165, 1.54) is 96.3 Å². The van der Waals surface area contributed by atoms with Crippen LogP contribution in [-0.4, -0.2) is 54.3 Å². The van der Waals surface area contributed by atoms with Crippen LogP contribution < -0.4 is 5.32 Å². The first-order chi connectivity index (χ1) is 26.3. The predicted octanol–water partition coefficient (Wildman–Crippen LogP) is 11.9. The Labute approximate surface area is 330 Å². The molecule has 0 aliphatic rings. The van der Waals surface area contributed by atoms with E-state index >= 15 is 0 Å². The maximum absolute atomic E-state index is 12.1. The van der Waals surface area contributed by atoms with Crippen molar-refractivity contribution in [1.29, 1.82) is 0 Å². The van der Waals surface area contributed by atoms with Crippen LogP contribution in [0.4, 0.5) is 0 Å². The van der Waals surface area contributed by atoms with Crippen LogP contribution in [-0.2, 0) is 27.9 Å². The minimum atomic E-state index is -4.42. The fourth-order valence-electron chi connectivity index (χ4n) is 5.78. The molecule has 54 heavy (non-hydrogen) atoms. The zero-order valence-electron chi connectivity index (χ0n) is 34.4. The van der Waals surface area contributed by atoms with Gasteiger partial charge in [-0.15, -0.1) is 0 Å². The smallest absolute Gasteiger partial charge is 0.463 e. The standard InChI is InChI=1S/C44H80NO8P/c1-3-5-7-9-11-13-15-17-19-20-21-23-24-26-28-30-32-34-36-43(47)45-38-39-52-54(49,50)53-41-42(46)40-51-44(48)37-35-33-31-29-27-25-22-18-16-14-12-10-8-6-4-2/h6,8,12,14,18,22,27,29,42,46H,3-5,7,9-11,13,15-17,19-21,23-26,28,30-41H2,1-2H3,(H,45,47)(H,49,50)/b8-6-,14-12-,22-18-,29-27-. The highest BCUT2D eigenvalue weighted by molar-refractivity contribution is 7.47. The maximum atomic E-state index is 12.1. The summed E-state index contributed by atoms with van der Waals surface area (Å²) < 4.78 is 26.8. The number of nitrogens with one attached hydrogen (secondary N) is 1. The molecule has 9 nitrogen and oxygen atoms in total. The summed E-state index contributed by atoms with van der Waals surface area (Å²) in [6.45, 7) is 3.40. The largest absolute Gasteiger partial charge is 0.472 e. The molecule has 3 N–H and O–H groups in total. The van der Waals surface area contributed by atoms with Gasteiger partial charge in [0.1, 0.15) is 12.7 Å². The number of carbonyl (C=O) groups excluding carboxylic acids is 2. The zero-order chi connectivity index (χ0) is 39.6. The summed E-state index contributed by atoms with van der Waals surface area (Å²) in [7, 11) is -4.42. The molecule has 2 atom stereocenters. The van der Waals surface area contributed by atoms with E-state index in [1.54, 1.807) is 0 Å². The highest BCUT2D eigenvalue weighted by atomic mass is 31.2. The second-order valence-electron chi connectivity index (χ2n) is 14.3. The predicted molar refractivity (Wildman–Crippen MR) is 224 cm³/mol. The van der Waals surface area contributed by atoms with Crippen LogP contribution in [0.5, 0.6) is 0 Å². The Balaban J connectivity index is 3.63. The zero-order valence-corrected chi connectivity index (χ0v) is 35.3. The van der Waals surface area contributed by atoms with E-state index < -0.39 is 26.5 Å². The minimum Gasteiger partial charge on any atom is -0.463 e. The average molecular weight is 782 g/mol. The molecule has 1 amide bonds. The van der Waals surface area contributed by atoms with Crippen LogP contribution in [0, 0.1) is 0 Å². The Morgan fingerprint density at radius 2 is 1.06 bits per heavy atom. The topological polar surface area (TPSA) is 131 Å². The van der Waals surface area contributed by atoms with E-state index in [2.05, 4.69) is 67.8 Å². The van der Waals surface area contributed by atoms with Gasteiger partial charge in [0, 0.05) is 19.4 Å². The Morgan fingerprint density at radius 1 is 0.593 bits per heavy atom. The van der Waals surface area contributed by atoms with E-state index in [4.69, 9.17) is 13.8 Å². The lowest BCUT2D eigenvalue weighted by molar-refractivity contribution is -0.147. The van der Waals surface area contributed by atoms with E-state index in [-0.39, 0.29) is 32.1 Å². The normalized spacial score (nSPS) is 13.8.